The third kappa shape index (κ3) is 3.54. The zero-order chi connectivity index (χ0) is 24.0. The van der Waals surface area contributed by atoms with Gasteiger partial charge in [-0.05, 0) is 42.8 Å². The highest BCUT2D eigenvalue weighted by Crippen LogP contribution is 2.35. The molecule has 1 aromatic heterocycles. The van der Waals surface area contributed by atoms with E-state index in [1.54, 1.807) is 43.5 Å². The Labute approximate surface area is 198 Å². The van der Waals surface area contributed by atoms with Crippen LogP contribution in [-0.2, 0) is 16.1 Å². The van der Waals surface area contributed by atoms with Crippen molar-refractivity contribution in [3.8, 4) is 22.9 Å². The lowest BCUT2D eigenvalue weighted by atomic mass is 10.1. The minimum Gasteiger partial charge on any atom is -0.493 e. The molecule has 0 unspecified atom stereocenters. The van der Waals surface area contributed by atoms with Gasteiger partial charge in [-0.2, -0.15) is 10.1 Å². The van der Waals surface area contributed by atoms with Crippen molar-refractivity contribution in [2.24, 2.45) is 10.3 Å². The fourth-order valence-electron chi connectivity index (χ4n) is 3.88. The number of amides is 2. The zero-order valence-corrected chi connectivity index (χ0v) is 19.2. The van der Waals surface area contributed by atoms with E-state index in [4.69, 9.17) is 25.6 Å². The quantitative estimate of drug-likeness (QED) is 0.491. The Morgan fingerprint density at radius 1 is 1.06 bits per heavy atom. The first-order valence-electron chi connectivity index (χ1n) is 10.3. The number of anilines is 1. The number of halogens is 1. The number of fused-ring (bicyclic) bond motifs is 1. The molecule has 1 fully saturated rings. The van der Waals surface area contributed by atoms with Crippen LogP contribution in [0.15, 0.2) is 51.3 Å². The van der Waals surface area contributed by atoms with Crippen molar-refractivity contribution in [3.63, 3.8) is 0 Å². The predicted octanol–water partition coefficient (Wildman–Crippen LogP) is 3.21. The average molecular weight is 483 g/mol. The molecule has 2 aliphatic heterocycles. The lowest BCUT2D eigenvalue weighted by Gasteiger charge is -2.19. The maximum absolute atomic E-state index is 13.2. The molecular weight excluding hydrogens is 464 g/mol. The summed E-state index contributed by atoms with van der Waals surface area (Å²) in [7, 11) is 3.08. The maximum Gasteiger partial charge on any atom is 0.263 e. The van der Waals surface area contributed by atoms with E-state index in [9.17, 15) is 9.59 Å². The van der Waals surface area contributed by atoms with E-state index in [0.29, 0.717) is 33.6 Å². The van der Waals surface area contributed by atoms with E-state index >= 15 is 0 Å². The molecule has 0 aliphatic carbocycles. The number of aromatic nitrogens is 2. The Morgan fingerprint density at radius 2 is 1.85 bits per heavy atom. The topological polar surface area (TPSA) is 123 Å². The van der Waals surface area contributed by atoms with Crippen LogP contribution in [0.5, 0.6) is 11.5 Å². The van der Waals surface area contributed by atoms with Crippen LogP contribution in [-0.4, -0.2) is 53.3 Å². The summed E-state index contributed by atoms with van der Waals surface area (Å²) in [5.74, 6) is 0.725. The first kappa shape index (κ1) is 21.8. The van der Waals surface area contributed by atoms with E-state index in [-0.39, 0.29) is 12.4 Å². The van der Waals surface area contributed by atoms with Crippen LogP contribution in [0.2, 0.25) is 5.02 Å². The van der Waals surface area contributed by atoms with Crippen LogP contribution in [0.4, 0.5) is 5.69 Å². The Bertz CT molecular complexity index is 1320. The van der Waals surface area contributed by atoms with Crippen molar-refractivity contribution < 1.29 is 23.6 Å². The summed E-state index contributed by atoms with van der Waals surface area (Å²) >= 11 is 6.19. The summed E-state index contributed by atoms with van der Waals surface area (Å²) in [5, 5.41) is 13.9. The van der Waals surface area contributed by atoms with Crippen LogP contribution < -0.4 is 14.4 Å². The van der Waals surface area contributed by atoms with Gasteiger partial charge in [0.1, 0.15) is 6.54 Å². The van der Waals surface area contributed by atoms with Crippen molar-refractivity contribution in [2.45, 2.75) is 25.6 Å². The van der Waals surface area contributed by atoms with E-state index < -0.39 is 23.9 Å². The van der Waals surface area contributed by atoms with Gasteiger partial charge in [0.15, 0.2) is 23.6 Å². The fraction of sp³-hybridized carbons (Fsp3) is 0.273. The molecule has 174 valence electrons. The molecule has 0 N–H and O–H groups in total. The monoisotopic (exact) mass is 482 g/mol. The van der Waals surface area contributed by atoms with Gasteiger partial charge in [0.2, 0.25) is 11.7 Å². The first-order valence-corrected chi connectivity index (χ1v) is 10.7. The second-order valence-electron chi connectivity index (χ2n) is 7.72. The van der Waals surface area contributed by atoms with Crippen molar-refractivity contribution in [1.82, 2.24) is 15.1 Å². The lowest BCUT2D eigenvalue weighted by molar-refractivity contribution is -0.123. The molecule has 0 radical (unpaired) electrons. The number of ether oxygens (including phenoxy) is 2. The molecule has 34 heavy (non-hydrogen) atoms. The van der Waals surface area contributed by atoms with Crippen LogP contribution >= 0.6 is 11.6 Å². The van der Waals surface area contributed by atoms with Crippen LogP contribution in [0.1, 0.15) is 11.5 Å². The number of benzene rings is 2. The van der Waals surface area contributed by atoms with Crippen molar-refractivity contribution >= 4 is 29.1 Å². The van der Waals surface area contributed by atoms with Gasteiger partial charge in [-0.25, -0.2) is 4.90 Å². The number of methoxy groups -OCH3 is 2. The van der Waals surface area contributed by atoms with E-state index in [1.807, 2.05) is 6.92 Å². The van der Waals surface area contributed by atoms with E-state index in [0.717, 1.165) is 10.5 Å². The number of imide groups is 1. The predicted molar refractivity (Wildman–Crippen MR) is 119 cm³/mol. The summed E-state index contributed by atoms with van der Waals surface area (Å²) in [5.41, 5.74) is 1.89. The molecule has 1 saturated heterocycles. The molecule has 0 spiro atoms. The van der Waals surface area contributed by atoms with Gasteiger partial charge in [0.05, 0.1) is 19.9 Å². The minimum absolute atomic E-state index is 0.00642. The highest BCUT2D eigenvalue weighted by molar-refractivity contribution is 6.32. The van der Waals surface area contributed by atoms with Gasteiger partial charge in [0.25, 0.3) is 11.8 Å². The maximum atomic E-state index is 13.2. The van der Waals surface area contributed by atoms with Crippen molar-refractivity contribution in [3.05, 3.63) is 52.9 Å². The molecule has 3 heterocycles. The summed E-state index contributed by atoms with van der Waals surface area (Å²) in [4.78, 5) is 31.5. The number of carbonyl (C=O) groups is 2. The molecule has 0 saturated carbocycles. The fourth-order valence-corrected chi connectivity index (χ4v) is 4.05. The largest absolute Gasteiger partial charge is 0.493 e. The second kappa shape index (κ2) is 8.41. The Hall–Kier alpha value is -3.99. The first-order chi connectivity index (χ1) is 16.4. The minimum atomic E-state index is -0.944. The SMILES string of the molecule is COc1ccc(-c2noc(CN3N=N[C@@H]4C(=O)N(c5ccc(C)c(Cl)c5)C(=O)[C@@H]43)n2)cc1OC. The van der Waals surface area contributed by atoms with Crippen molar-refractivity contribution in [2.75, 3.05) is 19.1 Å². The van der Waals surface area contributed by atoms with Gasteiger partial charge in [-0.15, -0.1) is 0 Å². The summed E-state index contributed by atoms with van der Waals surface area (Å²) in [6, 6.07) is 8.40. The molecule has 0 bridgehead atoms. The molecule has 2 aliphatic rings. The lowest BCUT2D eigenvalue weighted by Crippen LogP contribution is -2.39. The van der Waals surface area contributed by atoms with E-state index in [2.05, 4.69) is 20.5 Å². The Morgan fingerprint density at radius 3 is 2.59 bits per heavy atom. The van der Waals surface area contributed by atoms with Crippen LogP contribution in [0, 0.1) is 6.92 Å². The number of carbonyl (C=O) groups excluding carboxylic acids is 2. The molecule has 2 atom stereocenters. The molecule has 12 heteroatoms. The van der Waals surface area contributed by atoms with Gasteiger partial charge < -0.3 is 14.0 Å². The molecule has 5 rings (SSSR count). The number of hydrogen-bond acceptors (Lipinski definition) is 10. The third-order valence-corrected chi connectivity index (χ3v) is 6.09. The van der Waals surface area contributed by atoms with E-state index in [1.165, 1.54) is 12.1 Å². The summed E-state index contributed by atoms with van der Waals surface area (Å²) in [6.07, 6.45) is 0. The number of aryl methyl sites for hydroxylation is 1. The molecule has 2 aromatic carbocycles. The normalized spacial score (nSPS) is 19.2. The second-order valence-corrected chi connectivity index (χ2v) is 8.13. The van der Waals surface area contributed by atoms with Gasteiger partial charge in [-0.1, -0.05) is 28.0 Å². The Balaban J connectivity index is 1.35. The number of rotatable bonds is 6. The van der Waals surface area contributed by atoms with Gasteiger partial charge in [-0.3, -0.25) is 14.6 Å². The highest BCUT2D eigenvalue weighted by Gasteiger charge is 2.55. The molecule has 11 nitrogen and oxygen atoms in total. The highest BCUT2D eigenvalue weighted by atomic mass is 35.5. The third-order valence-electron chi connectivity index (χ3n) is 5.68. The molecular formula is C22H19ClN6O5. The van der Waals surface area contributed by atoms with Crippen LogP contribution in [0.25, 0.3) is 11.4 Å². The summed E-state index contributed by atoms with van der Waals surface area (Å²) in [6.45, 7) is 1.84. The van der Waals surface area contributed by atoms with Crippen LogP contribution in [0.3, 0.4) is 0 Å². The van der Waals surface area contributed by atoms with Gasteiger partial charge in [0, 0.05) is 10.6 Å². The average Bonchev–Trinajstić information content (AvgIpc) is 3.53. The molecule has 3 aromatic rings. The standard InChI is InChI=1S/C22H19ClN6O5/c1-11-4-6-13(9-14(11)23)29-21(30)18-19(22(29)31)28(27-25-18)10-17-24-20(26-34-17)12-5-7-15(32-2)16(8-12)33-3/h4-9,18-19H,10H2,1-3H3/t18-,19+/m0/s1. The van der Waals surface area contributed by atoms with Crippen molar-refractivity contribution in [1.29, 1.82) is 0 Å². The molecule has 2 amide bonds. The number of nitrogens with zero attached hydrogens (tertiary/aromatic N) is 6. The number of hydrogen-bond donors (Lipinski definition) is 0. The zero-order valence-electron chi connectivity index (χ0n) is 18.4. The smallest absolute Gasteiger partial charge is 0.263 e. The Kier molecular flexibility index (Phi) is 5.40. The van der Waals surface area contributed by atoms with Gasteiger partial charge >= 0.3 is 0 Å². The summed E-state index contributed by atoms with van der Waals surface area (Å²) < 4.78 is 15.9.